The maximum Gasteiger partial charge on any atom is 0.238 e. The molecule has 18 heavy (non-hydrogen) atoms. The number of sulfone groups is 1. The van der Waals surface area contributed by atoms with Crippen molar-refractivity contribution >= 4 is 15.7 Å². The highest BCUT2D eigenvalue weighted by atomic mass is 32.2. The number of nitrogens with one attached hydrogen (secondary N) is 2. The Morgan fingerprint density at radius 3 is 2.89 bits per heavy atom. The number of H-pyrrole nitrogens is 1. The number of aromatic amines is 1. The van der Waals surface area contributed by atoms with Crippen molar-refractivity contribution in [2.75, 3.05) is 5.75 Å². The molecule has 2 unspecified atom stereocenters. The summed E-state index contributed by atoms with van der Waals surface area (Å²) < 4.78 is 23.6. The van der Waals surface area contributed by atoms with E-state index in [0.717, 1.165) is 6.42 Å². The van der Waals surface area contributed by atoms with Gasteiger partial charge in [0, 0.05) is 0 Å². The van der Waals surface area contributed by atoms with Gasteiger partial charge < -0.3 is 5.32 Å². The average Bonchev–Trinajstić information content (AvgIpc) is 2.81. The molecule has 2 heterocycles. The summed E-state index contributed by atoms with van der Waals surface area (Å²) in [5.74, 6) is -0.0645. The minimum atomic E-state index is -3.31. The van der Waals surface area contributed by atoms with Gasteiger partial charge in [0.15, 0.2) is 15.7 Å². The van der Waals surface area contributed by atoms with Crippen molar-refractivity contribution in [1.29, 1.82) is 0 Å². The van der Waals surface area contributed by atoms with E-state index in [-0.39, 0.29) is 5.75 Å². The summed E-state index contributed by atoms with van der Waals surface area (Å²) in [4.78, 5) is 11.9. The highest BCUT2D eigenvalue weighted by Gasteiger charge is 2.35. The first-order valence-electron chi connectivity index (χ1n) is 5.76. The molecule has 2 atom stereocenters. The second-order valence-electron chi connectivity index (χ2n) is 4.35. The molecular weight excluding hydrogens is 258 g/mol. The van der Waals surface area contributed by atoms with Gasteiger partial charge in [-0.2, -0.15) is 5.21 Å². The normalized spacial score (nSPS) is 24.4. The average molecular weight is 273 g/mol. The lowest BCUT2D eigenvalue weighted by atomic mass is 10.1. The lowest BCUT2D eigenvalue weighted by Gasteiger charge is -2.22. The monoisotopic (exact) mass is 273 g/mol. The summed E-state index contributed by atoms with van der Waals surface area (Å²) in [6.07, 6.45) is 1.77. The van der Waals surface area contributed by atoms with Crippen LogP contribution < -0.4 is 5.32 Å². The van der Waals surface area contributed by atoms with Crippen molar-refractivity contribution in [3.8, 4) is 0 Å². The van der Waals surface area contributed by atoms with E-state index in [4.69, 9.17) is 0 Å². The molecule has 0 spiro atoms. The van der Waals surface area contributed by atoms with E-state index in [1.54, 1.807) is 6.92 Å². The molecule has 8 nitrogen and oxygen atoms in total. The number of hydrogen-bond acceptors (Lipinski definition) is 6. The summed E-state index contributed by atoms with van der Waals surface area (Å²) in [5.41, 5.74) is 0. The molecule has 1 aliphatic rings. The van der Waals surface area contributed by atoms with Gasteiger partial charge in [-0.05, 0) is 19.8 Å². The maximum absolute atomic E-state index is 11.9. The molecule has 100 valence electrons. The van der Waals surface area contributed by atoms with Crippen LogP contribution in [-0.4, -0.2) is 46.0 Å². The van der Waals surface area contributed by atoms with Crippen molar-refractivity contribution in [2.24, 2.45) is 0 Å². The van der Waals surface area contributed by atoms with Gasteiger partial charge in [0.05, 0.1) is 11.8 Å². The quantitative estimate of drug-likeness (QED) is 0.755. The fourth-order valence-electron chi connectivity index (χ4n) is 1.97. The van der Waals surface area contributed by atoms with Gasteiger partial charge in [-0.15, -0.1) is 10.2 Å². The Labute approximate surface area is 104 Å². The standard InChI is InChI=1S/C9H15N5O3S/c1-6(8-11-13-14-12-8)10-9(15)7-4-2-3-5-18(7,16)17/h6-7H,2-5H2,1H3,(H,10,15)(H,11,12,13,14). The molecule has 0 radical (unpaired) electrons. The molecule has 2 rings (SSSR count). The van der Waals surface area contributed by atoms with E-state index in [9.17, 15) is 13.2 Å². The minimum absolute atomic E-state index is 0.0850. The largest absolute Gasteiger partial charge is 0.345 e. The molecule has 2 N–H and O–H groups in total. The third-order valence-electron chi connectivity index (χ3n) is 2.98. The van der Waals surface area contributed by atoms with Gasteiger partial charge in [-0.3, -0.25) is 4.79 Å². The van der Waals surface area contributed by atoms with Gasteiger partial charge in [-0.1, -0.05) is 11.6 Å². The fraction of sp³-hybridized carbons (Fsp3) is 0.778. The fourth-order valence-corrected chi connectivity index (χ4v) is 3.78. The van der Waals surface area contributed by atoms with Gasteiger partial charge in [0.1, 0.15) is 5.25 Å². The van der Waals surface area contributed by atoms with Crippen LogP contribution in [0.5, 0.6) is 0 Å². The molecule has 1 aliphatic heterocycles. The van der Waals surface area contributed by atoms with Crippen LogP contribution in [0.2, 0.25) is 0 Å². The van der Waals surface area contributed by atoms with Gasteiger partial charge in [-0.25, -0.2) is 8.42 Å². The minimum Gasteiger partial charge on any atom is -0.345 e. The number of carbonyl (C=O) groups excluding carboxylic acids is 1. The van der Waals surface area contributed by atoms with Crippen LogP contribution in [0.25, 0.3) is 0 Å². The molecule has 0 aromatic carbocycles. The first kappa shape index (κ1) is 12.9. The zero-order valence-electron chi connectivity index (χ0n) is 9.96. The summed E-state index contributed by atoms with van der Waals surface area (Å²) in [6, 6.07) is -0.464. The topological polar surface area (TPSA) is 118 Å². The van der Waals surface area contributed by atoms with Crippen LogP contribution in [0.15, 0.2) is 0 Å². The molecule has 1 aromatic rings. The van der Waals surface area contributed by atoms with Crippen molar-refractivity contribution in [3.63, 3.8) is 0 Å². The second kappa shape index (κ2) is 5.01. The van der Waals surface area contributed by atoms with Crippen molar-refractivity contribution < 1.29 is 13.2 Å². The molecule has 1 aromatic heterocycles. The summed E-state index contributed by atoms with van der Waals surface area (Å²) in [5, 5.41) is 14.8. The van der Waals surface area contributed by atoms with E-state index in [0.29, 0.717) is 18.7 Å². The molecule has 0 saturated carbocycles. The number of rotatable bonds is 3. The molecule has 0 bridgehead atoms. The number of tetrazole rings is 1. The van der Waals surface area contributed by atoms with E-state index in [2.05, 4.69) is 25.9 Å². The molecule has 1 saturated heterocycles. The van der Waals surface area contributed by atoms with Gasteiger partial charge >= 0.3 is 0 Å². The Kier molecular flexibility index (Phi) is 3.60. The second-order valence-corrected chi connectivity index (χ2v) is 6.65. The van der Waals surface area contributed by atoms with E-state index in [1.165, 1.54) is 0 Å². The third-order valence-corrected chi connectivity index (χ3v) is 5.15. The Bertz CT molecular complexity index is 512. The Balaban J connectivity index is 2.03. The van der Waals surface area contributed by atoms with Crippen molar-refractivity contribution in [1.82, 2.24) is 25.9 Å². The highest BCUT2D eigenvalue weighted by molar-refractivity contribution is 7.92. The first-order valence-corrected chi connectivity index (χ1v) is 7.47. The van der Waals surface area contributed by atoms with E-state index >= 15 is 0 Å². The smallest absolute Gasteiger partial charge is 0.238 e. The van der Waals surface area contributed by atoms with Crippen LogP contribution in [-0.2, 0) is 14.6 Å². The van der Waals surface area contributed by atoms with E-state index < -0.39 is 27.0 Å². The van der Waals surface area contributed by atoms with Crippen LogP contribution in [0.3, 0.4) is 0 Å². The number of carbonyl (C=O) groups is 1. The predicted molar refractivity (Wildman–Crippen MR) is 62.2 cm³/mol. The van der Waals surface area contributed by atoms with Gasteiger partial charge in [0.2, 0.25) is 5.91 Å². The zero-order chi connectivity index (χ0) is 13.2. The molecule has 9 heteroatoms. The summed E-state index contributed by atoms with van der Waals surface area (Å²) >= 11 is 0. The Morgan fingerprint density at radius 1 is 1.50 bits per heavy atom. The third kappa shape index (κ3) is 2.66. The summed E-state index contributed by atoms with van der Waals surface area (Å²) in [7, 11) is -3.31. The molecule has 1 amide bonds. The Morgan fingerprint density at radius 2 is 2.28 bits per heavy atom. The predicted octanol–water partition coefficient (Wildman–Crippen LogP) is -0.656. The SMILES string of the molecule is CC(NC(=O)C1CCCCS1(=O)=O)c1nn[nH]n1. The molecular formula is C9H15N5O3S. The van der Waals surface area contributed by atoms with Crippen LogP contribution in [0.4, 0.5) is 0 Å². The Hall–Kier alpha value is -1.51. The first-order chi connectivity index (χ1) is 8.50. The van der Waals surface area contributed by atoms with Crippen LogP contribution >= 0.6 is 0 Å². The van der Waals surface area contributed by atoms with Gasteiger partial charge in [0.25, 0.3) is 0 Å². The zero-order valence-corrected chi connectivity index (χ0v) is 10.8. The van der Waals surface area contributed by atoms with Crippen molar-refractivity contribution in [2.45, 2.75) is 37.5 Å². The maximum atomic E-state index is 11.9. The van der Waals surface area contributed by atoms with Crippen LogP contribution in [0, 0.1) is 0 Å². The highest BCUT2D eigenvalue weighted by Crippen LogP contribution is 2.20. The lowest BCUT2D eigenvalue weighted by Crippen LogP contribution is -2.43. The lowest BCUT2D eigenvalue weighted by molar-refractivity contribution is -0.121. The number of hydrogen-bond donors (Lipinski definition) is 2. The number of nitrogens with zero attached hydrogens (tertiary/aromatic N) is 3. The van der Waals surface area contributed by atoms with Crippen molar-refractivity contribution in [3.05, 3.63) is 5.82 Å². The van der Waals surface area contributed by atoms with E-state index in [1.807, 2.05) is 0 Å². The molecule has 1 fully saturated rings. The van der Waals surface area contributed by atoms with Crippen LogP contribution in [0.1, 0.15) is 38.1 Å². The summed E-state index contributed by atoms with van der Waals surface area (Å²) in [6.45, 7) is 1.68. The number of aromatic nitrogens is 4. The molecule has 0 aliphatic carbocycles. The number of amides is 1.